The average molecular weight is 426 g/mol. The molecule has 0 unspecified atom stereocenters. The Morgan fingerprint density at radius 3 is 2.43 bits per heavy atom. The van der Waals surface area contributed by atoms with Crippen molar-refractivity contribution >= 4 is 0 Å². The third-order valence-corrected chi connectivity index (χ3v) is 4.74. The molecule has 2 aromatic carbocycles. The van der Waals surface area contributed by atoms with E-state index in [0.29, 0.717) is 5.69 Å². The monoisotopic (exact) mass is 426 g/mol. The molecule has 0 radical (unpaired) electrons. The average Bonchev–Trinajstić information content (AvgIpc) is 3.34. The standard InChI is InChI=1S/C20H15F5N2O3/c1-12(19(11-28-19)16-7-2-13(21)10-17(16)22)29-18-26-8-9-27(18)14-3-5-15(6-4-14)30-20(23,24)25/h2-10,12H,11H2,1H3/t12-,19+/m1/s1. The van der Waals surface area contributed by atoms with Crippen molar-refractivity contribution < 1.29 is 36.2 Å². The Morgan fingerprint density at radius 1 is 1.13 bits per heavy atom. The van der Waals surface area contributed by atoms with Crippen LogP contribution in [0, 0.1) is 11.6 Å². The van der Waals surface area contributed by atoms with Crippen LogP contribution in [0.3, 0.4) is 0 Å². The number of aromatic nitrogens is 2. The molecule has 0 spiro atoms. The summed E-state index contributed by atoms with van der Waals surface area (Å²) in [6.07, 6.45) is -2.47. The molecule has 10 heteroatoms. The third kappa shape index (κ3) is 3.95. The lowest BCUT2D eigenvalue weighted by Crippen LogP contribution is -2.32. The summed E-state index contributed by atoms with van der Waals surface area (Å²) in [5.74, 6) is -1.81. The minimum atomic E-state index is -4.78. The van der Waals surface area contributed by atoms with Gasteiger partial charge in [-0.05, 0) is 37.3 Å². The topological polar surface area (TPSA) is 48.8 Å². The van der Waals surface area contributed by atoms with Crippen molar-refractivity contribution in [1.29, 1.82) is 0 Å². The first kappa shape index (κ1) is 20.1. The van der Waals surface area contributed by atoms with Gasteiger partial charge in [0.1, 0.15) is 23.5 Å². The summed E-state index contributed by atoms with van der Waals surface area (Å²) in [5.41, 5.74) is -0.440. The molecule has 5 nitrogen and oxygen atoms in total. The van der Waals surface area contributed by atoms with Gasteiger partial charge in [-0.15, -0.1) is 13.2 Å². The van der Waals surface area contributed by atoms with Crippen molar-refractivity contribution in [2.45, 2.75) is 25.0 Å². The minimum absolute atomic E-state index is 0.129. The smallest absolute Gasteiger partial charge is 0.458 e. The number of alkyl halides is 3. The van der Waals surface area contributed by atoms with Crippen LogP contribution in [0.4, 0.5) is 22.0 Å². The number of ether oxygens (including phenoxy) is 3. The number of halogens is 5. The Labute approximate surface area is 167 Å². The molecule has 158 valence electrons. The van der Waals surface area contributed by atoms with Gasteiger partial charge in [0.25, 0.3) is 0 Å². The number of rotatable bonds is 6. The van der Waals surface area contributed by atoms with Crippen LogP contribution in [-0.4, -0.2) is 28.6 Å². The summed E-state index contributed by atoms with van der Waals surface area (Å²) < 4.78 is 81.1. The fraction of sp³-hybridized carbons (Fsp3) is 0.250. The lowest BCUT2D eigenvalue weighted by Gasteiger charge is -2.22. The van der Waals surface area contributed by atoms with Crippen molar-refractivity contribution in [2.24, 2.45) is 0 Å². The van der Waals surface area contributed by atoms with E-state index in [9.17, 15) is 22.0 Å². The molecule has 2 heterocycles. The molecule has 4 rings (SSSR count). The van der Waals surface area contributed by atoms with Crippen molar-refractivity contribution in [3.63, 3.8) is 0 Å². The Morgan fingerprint density at radius 2 is 1.83 bits per heavy atom. The predicted octanol–water partition coefficient (Wildman–Crippen LogP) is 4.74. The number of hydrogen-bond acceptors (Lipinski definition) is 4. The van der Waals surface area contributed by atoms with Crippen molar-refractivity contribution in [2.75, 3.05) is 6.61 Å². The summed E-state index contributed by atoms with van der Waals surface area (Å²) in [6.45, 7) is 1.84. The van der Waals surface area contributed by atoms with Crippen LogP contribution < -0.4 is 9.47 Å². The first-order valence-electron chi connectivity index (χ1n) is 8.84. The van der Waals surface area contributed by atoms with E-state index in [1.807, 2.05) is 0 Å². The van der Waals surface area contributed by atoms with Crippen LogP contribution >= 0.6 is 0 Å². The van der Waals surface area contributed by atoms with Crippen LogP contribution in [0.1, 0.15) is 12.5 Å². The third-order valence-electron chi connectivity index (χ3n) is 4.74. The summed E-state index contributed by atoms with van der Waals surface area (Å²) >= 11 is 0. The van der Waals surface area contributed by atoms with Gasteiger partial charge < -0.3 is 14.2 Å². The van der Waals surface area contributed by atoms with Crippen molar-refractivity contribution in [3.8, 4) is 17.4 Å². The number of benzene rings is 2. The zero-order valence-electron chi connectivity index (χ0n) is 15.5. The lowest BCUT2D eigenvalue weighted by atomic mass is 9.94. The van der Waals surface area contributed by atoms with Crippen LogP contribution in [0.15, 0.2) is 54.9 Å². The van der Waals surface area contributed by atoms with Gasteiger partial charge in [-0.1, -0.05) is 6.07 Å². The highest BCUT2D eigenvalue weighted by molar-refractivity contribution is 5.39. The van der Waals surface area contributed by atoms with Gasteiger partial charge in [-0.2, -0.15) is 0 Å². The summed E-state index contributed by atoms with van der Waals surface area (Å²) in [4.78, 5) is 4.11. The number of hydrogen-bond donors (Lipinski definition) is 0. The zero-order valence-corrected chi connectivity index (χ0v) is 15.5. The maximum atomic E-state index is 14.2. The molecule has 0 saturated carbocycles. The van der Waals surface area contributed by atoms with Crippen molar-refractivity contribution in [3.05, 3.63) is 72.1 Å². The number of epoxide rings is 1. The lowest BCUT2D eigenvalue weighted by molar-refractivity contribution is -0.274. The highest BCUT2D eigenvalue weighted by Crippen LogP contribution is 2.44. The molecule has 1 fully saturated rings. The van der Waals surface area contributed by atoms with Gasteiger partial charge in [0.15, 0.2) is 5.60 Å². The number of nitrogens with zero attached hydrogens (tertiary/aromatic N) is 2. The molecule has 0 amide bonds. The molecule has 0 bridgehead atoms. The van der Waals surface area contributed by atoms with Crippen LogP contribution in [0.5, 0.6) is 11.8 Å². The predicted molar refractivity (Wildman–Crippen MR) is 94.3 cm³/mol. The van der Waals surface area contributed by atoms with E-state index in [4.69, 9.17) is 9.47 Å². The van der Waals surface area contributed by atoms with Gasteiger partial charge in [-0.3, -0.25) is 4.57 Å². The van der Waals surface area contributed by atoms with Gasteiger partial charge in [0, 0.05) is 24.0 Å². The molecular formula is C20H15F5N2O3. The van der Waals surface area contributed by atoms with E-state index >= 15 is 0 Å². The molecule has 0 aliphatic carbocycles. The highest BCUT2D eigenvalue weighted by Gasteiger charge is 2.54. The Balaban J connectivity index is 1.54. The molecule has 3 aromatic rings. The van der Waals surface area contributed by atoms with Gasteiger partial charge in [0.2, 0.25) is 0 Å². The Hall–Kier alpha value is -3.14. The second-order valence-electron chi connectivity index (χ2n) is 6.68. The second-order valence-corrected chi connectivity index (χ2v) is 6.68. The molecule has 1 aliphatic rings. The maximum Gasteiger partial charge on any atom is 0.573 e. The largest absolute Gasteiger partial charge is 0.573 e. The molecule has 1 aromatic heterocycles. The SMILES string of the molecule is C[C@@H](Oc1nccn1-c1ccc(OC(F)(F)F)cc1)[C@]1(c2ccc(F)cc2F)CO1. The molecule has 0 N–H and O–H groups in total. The maximum absolute atomic E-state index is 14.2. The van der Waals surface area contributed by atoms with E-state index in [0.717, 1.165) is 24.3 Å². The fourth-order valence-electron chi connectivity index (χ4n) is 3.15. The summed E-state index contributed by atoms with van der Waals surface area (Å²) in [7, 11) is 0. The summed E-state index contributed by atoms with van der Waals surface area (Å²) in [5, 5.41) is 0. The zero-order chi connectivity index (χ0) is 21.5. The normalized spacial score (nSPS) is 19.4. The highest BCUT2D eigenvalue weighted by atomic mass is 19.4. The van der Waals surface area contributed by atoms with E-state index in [1.165, 1.54) is 29.0 Å². The molecule has 2 atom stereocenters. The van der Waals surface area contributed by atoms with E-state index in [-0.39, 0.29) is 23.9 Å². The van der Waals surface area contributed by atoms with Crippen LogP contribution in [0.25, 0.3) is 5.69 Å². The van der Waals surface area contributed by atoms with Crippen LogP contribution in [-0.2, 0) is 10.3 Å². The van der Waals surface area contributed by atoms with Crippen molar-refractivity contribution in [1.82, 2.24) is 9.55 Å². The summed E-state index contributed by atoms with van der Waals surface area (Å²) in [6, 6.07) is 8.49. The van der Waals surface area contributed by atoms with Crippen LogP contribution in [0.2, 0.25) is 0 Å². The minimum Gasteiger partial charge on any atom is -0.458 e. The van der Waals surface area contributed by atoms with E-state index in [1.54, 1.807) is 13.1 Å². The molecular weight excluding hydrogens is 411 g/mol. The molecule has 30 heavy (non-hydrogen) atoms. The first-order valence-corrected chi connectivity index (χ1v) is 8.84. The Kier molecular flexibility index (Phi) is 4.89. The second kappa shape index (κ2) is 7.28. The van der Waals surface area contributed by atoms with Gasteiger partial charge in [-0.25, -0.2) is 13.8 Å². The molecule has 1 aliphatic heterocycles. The van der Waals surface area contributed by atoms with E-state index in [2.05, 4.69) is 9.72 Å². The van der Waals surface area contributed by atoms with Gasteiger partial charge in [0.05, 0.1) is 12.3 Å². The Bertz CT molecular complexity index is 1050. The quantitative estimate of drug-likeness (QED) is 0.422. The van der Waals surface area contributed by atoms with E-state index < -0.39 is 29.7 Å². The fourth-order valence-corrected chi connectivity index (χ4v) is 3.15. The number of imidazole rings is 1. The first-order chi connectivity index (χ1) is 14.2. The molecule has 1 saturated heterocycles. The van der Waals surface area contributed by atoms with Gasteiger partial charge >= 0.3 is 12.4 Å².